The maximum atomic E-state index is 12.6. The topological polar surface area (TPSA) is 65.1 Å². The van der Waals surface area contributed by atoms with Crippen LogP contribution in [0.25, 0.3) is 16.8 Å². The van der Waals surface area contributed by atoms with Gasteiger partial charge in [0.05, 0.1) is 29.7 Å². The molecule has 0 aromatic heterocycles. The van der Waals surface area contributed by atoms with E-state index in [0.717, 1.165) is 28.1 Å². The summed E-state index contributed by atoms with van der Waals surface area (Å²) in [5.41, 5.74) is 1.65. The number of thioether (sulfide) groups is 1. The first-order valence-corrected chi connectivity index (χ1v) is 12.0. The van der Waals surface area contributed by atoms with Gasteiger partial charge in [0.1, 0.15) is 6.61 Å². The highest BCUT2D eigenvalue weighted by atomic mass is 35.5. The van der Waals surface area contributed by atoms with E-state index in [4.69, 9.17) is 25.8 Å². The molecule has 4 rings (SSSR count). The van der Waals surface area contributed by atoms with Gasteiger partial charge in [-0.3, -0.25) is 14.5 Å². The smallest absolute Gasteiger partial charge is 0.293 e. The molecule has 8 heteroatoms. The van der Waals surface area contributed by atoms with Gasteiger partial charge in [-0.25, -0.2) is 0 Å². The highest BCUT2D eigenvalue weighted by Crippen LogP contribution is 2.39. The van der Waals surface area contributed by atoms with Crippen molar-refractivity contribution in [2.75, 3.05) is 26.9 Å². The van der Waals surface area contributed by atoms with Gasteiger partial charge in [-0.15, -0.1) is 0 Å². The summed E-state index contributed by atoms with van der Waals surface area (Å²) < 4.78 is 16.8. The van der Waals surface area contributed by atoms with Crippen LogP contribution in [0.1, 0.15) is 18.1 Å². The first-order chi connectivity index (χ1) is 16.5. The largest absolute Gasteiger partial charge is 0.490 e. The number of hydrogen-bond acceptors (Lipinski definition) is 6. The summed E-state index contributed by atoms with van der Waals surface area (Å²) in [4.78, 5) is 26.3. The molecular weight excluding hydrogens is 474 g/mol. The Morgan fingerprint density at radius 2 is 1.82 bits per heavy atom. The van der Waals surface area contributed by atoms with Crippen LogP contribution in [-0.4, -0.2) is 42.9 Å². The van der Waals surface area contributed by atoms with Crippen molar-refractivity contribution >= 4 is 51.4 Å². The first kappa shape index (κ1) is 24.1. The second-order valence-electron chi connectivity index (χ2n) is 7.56. The van der Waals surface area contributed by atoms with Crippen molar-refractivity contribution in [1.29, 1.82) is 0 Å². The number of amides is 2. The van der Waals surface area contributed by atoms with Gasteiger partial charge in [0, 0.05) is 7.11 Å². The lowest BCUT2D eigenvalue weighted by Crippen LogP contribution is -2.31. The van der Waals surface area contributed by atoms with Crippen molar-refractivity contribution in [2.45, 2.75) is 13.5 Å². The van der Waals surface area contributed by atoms with Crippen LogP contribution in [0.3, 0.4) is 0 Å². The number of carbonyl (C=O) groups is 2. The third-order valence-electron chi connectivity index (χ3n) is 5.22. The minimum Gasteiger partial charge on any atom is -0.490 e. The summed E-state index contributed by atoms with van der Waals surface area (Å²) >= 11 is 7.45. The minimum absolute atomic E-state index is 0.213. The predicted octanol–water partition coefficient (Wildman–Crippen LogP) is 6.15. The minimum atomic E-state index is -0.349. The highest BCUT2D eigenvalue weighted by molar-refractivity contribution is 8.18. The van der Waals surface area contributed by atoms with E-state index in [-0.39, 0.29) is 24.3 Å². The quantitative estimate of drug-likeness (QED) is 0.330. The van der Waals surface area contributed by atoms with Crippen molar-refractivity contribution in [3.63, 3.8) is 0 Å². The molecule has 3 aromatic rings. The number of hydrogen-bond donors (Lipinski definition) is 0. The molecule has 0 aliphatic carbocycles. The fourth-order valence-electron chi connectivity index (χ4n) is 3.59. The van der Waals surface area contributed by atoms with Crippen LogP contribution < -0.4 is 9.47 Å². The maximum absolute atomic E-state index is 12.6. The number of fused-ring (bicyclic) bond motifs is 1. The Labute approximate surface area is 207 Å². The van der Waals surface area contributed by atoms with Gasteiger partial charge < -0.3 is 14.2 Å². The van der Waals surface area contributed by atoms with Gasteiger partial charge in [0.15, 0.2) is 11.5 Å². The summed E-state index contributed by atoms with van der Waals surface area (Å²) in [6.07, 6.45) is 1.64. The second kappa shape index (κ2) is 11.0. The molecule has 6 nitrogen and oxygen atoms in total. The Hall–Kier alpha value is -3.00. The van der Waals surface area contributed by atoms with E-state index in [1.54, 1.807) is 18.2 Å². The number of carbonyl (C=O) groups excluding carboxylic acids is 2. The molecule has 1 fully saturated rings. The van der Waals surface area contributed by atoms with Gasteiger partial charge in [-0.1, -0.05) is 48.0 Å². The maximum Gasteiger partial charge on any atom is 0.293 e. The number of halogens is 1. The van der Waals surface area contributed by atoms with Crippen LogP contribution in [0, 0.1) is 0 Å². The molecule has 0 atom stereocenters. The average Bonchev–Trinajstić information content (AvgIpc) is 3.09. The molecule has 2 amide bonds. The standard InChI is InChI=1S/C26H24ClNO5S/c1-3-32-22-14-18(15-23-25(29)28(10-11-31-2)26(30)34-23)13-21(27)24(22)33-16-17-8-9-19-6-4-5-7-20(19)12-17/h4-9,12-15H,3,10-11,16H2,1-2H3/b23-15+. The van der Waals surface area contributed by atoms with Crippen molar-refractivity contribution < 1.29 is 23.8 Å². The van der Waals surface area contributed by atoms with Crippen LogP contribution in [-0.2, 0) is 16.1 Å². The van der Waals surface area contributed by atoms with Crippen molar-refractivity contribution in [3.05, 3.63) is 75.7 Å². The third-order valence-corrected chi connectivity index (χ3v) is 6.41. The third kappa shape index (κ3) is 5.38. The zero-order valence-corrected chi connectivity index (χ0v) is 20.4. The normalized spacial score (nSPS) is 14.9. The molecule has 0 bridgehead atoms. The zero-order chi connectivity index (χ0) is 24.1. The number of ether oxygens (including phenoxy) is 3. The van der Waals surface area contributed by atoms with Crippen molar-refractivity contribution in [1.82, 2.24) is 4.90 Å². The van der Waals surface area contributed by atoms with Gasteiger partial charge in [-0.2, -0.15) is 0 Å². The first-order valence-electron chi connectivity index (χ1n) is 10.8. The van der Waals surface area contributed by atoms with Gasteiger partial charge in [0.25, 0.3) is 11.1 Å². The highest BCUT2D eigenvalue weighted by Gasteiger charge is 2.34. The Morgan fingerprint density at radius 1 is 1.03 bits per heavy atom. The molecule has 1 saturated heterocycles. The van der Waals surface area contributed by atoms with E-state index in [0.29, 0.717) is 40.2 Å². The molecule has 1 aliphatic heterocycles. The number of methoxy groups -OCH3 is 1. The molecule has 0 unspecified atom stereocenters. The average molecular weight is 498 g/mol. The van der Waals surface area contributed by atoms with Crippen LogP contribution in [0.5, 0.6) is 11.5 Å². The molecular formula is C26H24ClNO5S. The van der Waals surface area contributed by atoms with Crippen LogP contribution in [0.15, 0.2) is 59.5 Å². The van der Waals surface area contributed by atoms with Gasteiger partial charge in [0.2, 0.25) is 0 Å². The molecule has 1 heterocycles. The summed E-state index contributed by atoms with van der Waals surface area (Å²) in [6, 6.07) is 17.7. The lowest BCUT2D eigenvalue weighted by molar-refractivity contribution is -0.123. The van der Waals surface area contributed by atoms with Gasteiger partial charge in [-0.05, 0) is 64.9 Å². The molecule has 0 radical (unpaired) electrons. The van der Waals surface area contributed by atoms with Crippen LogP contribution in [0.4, 0.5) is 4.79 Å². The number of benzene rings is 3. The van der Waals surface area contributed by atoms with E-state index in [2.05, 4.69) is 24.3 Å². The predicted molar refractivity (Wildman–Crippen MR) is 135 cm³/mol. The van der Waals surface area contributed by atoms with E-state index in [1.807, 2.05) is 25.1 Å². The molecule has 0 saturated carbocycles. The zero-order valence-electron chi connectivity index (χ0n) is 18.9. The van der Waals surface area contributed by atoms with E-state index >= 15 is 0 Å². The molecule has 176 valence electrons. The monoisotopic (exact) mass is 497 g/mol. The lowest BCUT2D eigenvalue weighted by atomic mass is 10.1. The number of imide groups is 1. The summed E-state index contributed by atoms with van der Waals surface area (Å²) in [6.45, 7) is 3.11. The Bertz CT molecular complexity index is 1260. The van der Waals surface area contributed by atoms with Gasteiger partial charge >= 0.3 is 0 Å². The Balaban J connectivity index is 1.56. The van der Waals surface area contributed by atoms with Crippen molar-refractivity contribution in [3.8, 4) is 11.5 Å². The van der Waals surface area contributed by atoms with E-state index < -0.39 is 0 Å². The van der Waals surface area contributed by atoms with Crippen LogP contribution >= 0.6 is 23.4 Å². The van der Waals surface area contributed by atoms with E-state index in [9.17, 15) is 9.59 Å². The Morgan fingerprint density at radius 3 is 2.59 bits per heavy atom. The summed E-state index contributed by atoms with van der Waals surface area (Å²) in [5, 5.41) is 2.33. The number of nitrogens with zero attached hydrogens (tertiary/aromatic N) is 1. The SMILES string of the molecule is CCOc1cc(/C=C2/SC(=O)N(CCOC)C2=O)cc(Cl)c1OCc1ccc2ccccc2c1. The number of rotatable bonds is 9. The summed E-state index contributed by atoms with van der Waals surface area (Å²) in [7, 11) is 1.52. The molecule has 3 aromatic carbocycles. The molecule has 0 spiro atoms. The second-order valence-corrected chi connectivity index (χ2v) is 8.96. The Kier molecular flexibility index (Phi) is 7.77. The fraction of sp³-hybridized carbons (Fsp3) is 0.231. The van der Waals surface area contributed by atoms with Crippen LogP contribution in [0.2, 0.25) is 5.02 Å². The molecule has 34 heavy (non-hydrogen) atoms. The fourth-order valence-corrected chi connectivity index (χ4v) is 4.72. The summed E-state index contributed by atoms with van der Waals surface area (Å²) in [5.74, 6) is 0.556. The molecule has 0 N–H and O–H groups in total. The van der Waals surface area contributed by atoms with E-state index in [1.165, 1.54) is 12.0 Å². The van der Waals surface area contributed by atoms with Crippen molar-refractivity contribution in [2.24, 2.45) is 0 Å². The molecule has 1 aliphatic rings. The lowest BCUT2D eigenvalue weighted by Gasteiger charge is -2.15.